The Morgan fingerprint density at radius 3 is 2.33 bits per heavy atom. The Morgan fingerprint density at radius 1 is 1.04 bits per heavy atom. The molecule has 1 aromatic carbocycles. The lowest BCUT2D eigenvalue weighted by molar-refractivity contribution is 0.0761. The van der Waals surface area contributed by atoms with Crippen molar-refractivity contribution in [3.63, 3.8) is 0 Å². The molecule has 2 fully saturated rings. The molecular formula is C20H30N2O4S. The first kappa shape index (κ1) is 20.1. The third-order valence-electron chi connectivity index (χ3n) is 5.63. The number of piperidine rings is 1. The molecule has 0 unspecified atom stereocenters. The minimum absolute atomic E-state index is 0.0431. The van der Waals surface area contributed by atoms with Crippen LogP contribution in [0.2, 0.25) is 0 Å². The predicted octanol–water partition coefficient (Wildman–Crippen LogP) is 3.27. The summed E-state index contributed by atoms with van der Waals surface area (Å²) in [5.74, 6) is 0.197. The number of carbonyl (C=O) groups is 1. The van der Waals surface area contributed by atoms with E-state index in [1.165, 1.54) is 13.2 Å². The summed E-state index contributed by atoms with van der Waals surface area (Å²) in [6.45, 7) is 3.92. The normalized spacial score (nSPS) is 22.3. The van der Waals surface area contributed by atoms with E-state index in [4.69, 9.17) is 4.74 Å². The molecule has 1 atom stereocenters. The predicted molar refractivity (Wildman–Crippen MR) is 105 cm³/mol. The third-order valence-corrected chi connectivity index (χ3v) is 7.67. The van der Waals surface area contributed by atoms with E-state index in [1.807, 2.05) is 11.8 Å². The van der Waals surface area contributed by atoms with Gasteiger partial charge < -0.3 is 9.64 Å². The Hall–Kier alpha value is -1.60. The van der Waals surface area contributed by atoms with Gasteiger partial charge in [0.1, 0.15) is 10.6 Å². The van der Waals surface area contributed by atoms with Crippen molar-refractivity contribution < 1.29 is 17.9 Å². The van der Waals surface area contributed by atoms with Crippen LogP contribution in [0.4, 0.5) is 0 Å². The number of hydrogen-bond donors (Lipinski definition) is 0. The van der Waals surface area contributed by atoms with Crippen molar-refractivity contribution in [2.45, 2.75) is 62.8 Å². The fourth-order valence-corrected chi connectivity index (χ4v) is 5.91. The molecule has 0 aliphatic carbocycles. The number of carbonyl (C=O) groups excluding carboxylic acids is 1. The van der Waals surface area contributed by atoms with Crippen LogP contribution in [0.3, 0.4) is 0 Å². The number of likely N-dealkylation sites (tertiary alicyclic amines) is 1. The molecule has 1 aromatic rings. The lowest BCUT2D eigenvalue weighted by atomic mass is 10.1. The molecular weight excluding hydrogens is 364 g/mol. The number of methoxy groups -OCH3 is 1. The van der Waals surface area contributed by atoms with Gasteiger partial charge in [-0.05, 0) is 50.8 Å². The highest BCUT2D eigenvalue weighted by Crippen LogP contribution is 2.32. The summed E-state index contributed by atoms with van der Waals surface area (Å²) in [5.41, 5.74) is 0.418. The number of amides is 1. The van der Waals surface area contributed by atoms with Crippen molar-refractivity contribution in [2.75, 3.05) is 26.7 Å². The number of rotatable bonds is 4. The van der Waals surface area contributed by atoms with E-state index in [0.717, 1.165) is 58.0 Å². The van der Waals surface area contributed by atoms with Gasteiger partial charge in [-0.3, -0.25) is 4.79 Å². The maximum Gasteiger partial charge on any atom is 0.253 e. The molecule has 0 spiro atoms. The van der Waals surface area contributed by atoms with Crippen LogP contribution in [0.1, 0.15) is 62.2 Å². The molecule has 2 aliphatic rings. The second-order valence-electron chi connectivity index (χ2n) is 7.53. The van der Waals surface area contributed by atoms with Crippen molar-refractivity contribution in [1.29, 1.82) is 0 Å². The van der Waals surface area contributed by atoms with Gasteiger partial charge >= 0.3 is 0 Å². The van der Waals surface area contributed by atoms with Crippen LogP contribution in [0.25, 0.3) is 0 Å². The van der Waals surface area contributed by atoms with Crippen molar-refractivity contribution >= 4 is 15.9 Å². The summed E-state index contributed by atoms with van der Waals surface area (Å²) in [7, 11) is -2.25. The van der Waals surface area contributed by atoms with Crippen molar-refractivity contribution in [3.8, 4) is 5.75 Å². The Labute approximate surface area is 162 Å². The maximum atomic E-state index is 13.3. The van der Waals surface area contributed by atoms with Gasteiger partial charge in [-0.15, -0.1) is 0 Å². The molecule has 0 radical (unpaired) electrons. The summed E-state index contributed by atoms with van der Waals surface area (Å²) in [5, 5.41) is 0. The molecule has 7 heteroatoms. The number of sulfonamides is 1. The Morgan fingerprint density at radius 2 is 1.70 bits per heavy atom. The highest BCUT2D eigenvalue weighted by atomic mass is 32.2. The number of nitrogens with zero attached hydrogens (tertiary/aromatic N) is 2. The fourth-order valence-electron chi connectivity index (χ4n) is 4.02. The van der Waals surface area contributed by atoms with Gasteiger partial charge in [-0.2, -0.15) is 4.31 Å². The number of ether oxygens (including phenoxy) is 1. The van der Waals surface area contributed by atoms with Crippen molar-refractivity contribution in [3.05, 3.63) is 23.8 Å². The van der Waals surface area contributed by atoms with Gasteiger partial charge in [0, 0.05) is 31.2 Å². The average molecular weight is 395 g/mol. The Balaban J connectivity index is 1.94. The topological polar surface area (TPSA) is 66.9 Å². The van der Waals surface area contributed by atoms with Crippen LogP contribution in [0, 0.1) is 0 Å². The molecule has 6 nitrogen and oxygen atoms in total. The first-order valence-electron chi connectivity index (χ1n) is 9.94. The lowest BCUT2D eigenvalue weighted by Crippen LogP contribution is -2.42. The van der Waals surface area contributed by atoms with Crippen molar-refractivity contribution in [1.82, 2.24) is 9.21 Å². The largest absolute Gasteiger partial charge is 0.495 e. The monoisotopic (exact) mass is 394 g/mol. The van der Waals surface area contributed by atoms with Crippen LogP contribution in [0.15, 0.2) is 23.1 Å². The zero-order chi connectivity index (χ0) is 19.4. The summed E-state index contributed by atoms with van der Waals surface area (Å²) in [6.07, 6.45) is 7.03. The highest BCUT2D eigenvalue weighted by molar-refractivity contribution is 7.89. The molecule has 1 amide bonds. The van der Waals surface area contributed by atoms with E-state index in [0.29, 0.717) is 17.9 Å². The van der Waals surface area contributed by atoms with Crippen LogP contribution in [0.5, 0.6) is 5.75 Å². The summed E-state index contributed by atoms with van der Waals surface area (Å²) in [6, 6.07) is 4.73. The van der Waals surface area contributed by atoms with Gasteiger partial charge in [0.2, 0.25) is 10.0 Å². The molecule has 3 rings (SSSR count). The van der Waals surface area contributed by atoms with E-state index in [9.17, 15) is 13.2 Å². The first-order chi connectivity index (χ1) is 12.9. The van der Waals surface area contributed by atoms with Gasteiger partial charge in [0.05, 0.1) is 7.11 Å². The van der Waals surface area contributed by atoms with Crippen molar-refractivity contribution in [2.24, 2.45) is 0 Å². The SMILES string of the molecule is COc1ccc(C(=O)N2CCCCCC2)cc1S(=O)(=O)N1CCCC[C@@H]1C. The smallest absolute Gasteiger partial charge is 0.253 e. The Bertz CT molecular complexity index is 770. The molecule has 150 valence electrons. The minimum Gasteiger partial charge on any atom is -0.495 e. The summed E-state index contributed by atoms with van der Waals surface area (Å²) >= 11 is 0. The number of hydrogen-bond acceptors (Lipinski definition) is 4. The minimum atomic E-state index is -3.71. The third kappa shape index (κ3) is 4.29. The second kappa shape index (κ2) is 8.61. The molecule has 2 saturated heterocycles. The zero-order valence-electron chi connectivity index (χ0n) is 16.3. The zero-order valence-corrected chi connectivity index (χ0v) is 17.1. The van der Waals surface area contributed by atoms with Crippen LogP contribution < -0.4 is 4.74 Å². The van der Waals surface area contributed by atoms with E-state index < -0.39 is 10.0 Å². The molecule has 0 saturated carbocycles. The Kier molecular flexibility index (Phi) is 6.42. The first-order valence-corrected chi connectivity index (χ1v) is 11.4. The molecule has 0 aromatic heterocycles. The van der Waals surface area contributed by atoms with Gasteiger partial charge in [-0.25, -0.2) is 8.42 Å². The fraction of sp³-hybridized carbons (Fsp3) is 0.650. The number of benzene rings is 1. The van der Waals surface area contributed by atoms with Gasteiger partial charge in [0.25, 0.3) is 5.91 Å². The van der Waals surface area contributed by atoms with Gasteiger partial charge in [0.15, 0.2) is 0 Å². The average Bonchev–Trinajstić information content (AvgIpc) is 2.96. The molecule has 2 aliphatic heterocycles. The highest BCUT2D eigenvalue weighted by Gasteiger charge is 2.34. The maximum absolute atomic E-state index is 13.3. The second-order valence-corrected chi connectivity index (χ2v) is 9.39. The standard InChI is InChI=1S/C20H30N2O4S/c1-16-9-5-8-14-22(16)27(24,25)19-15-17(10-11-18(19)26-2)20(23)21-12-6-3-4-7-13-21/h10-11,15-16H,3-9,12-14H2,1-2H3/t16-/m0/s1. The van der Waals surface area contributed by atoms with Crippen LogP contribution in [-0.2, 0) is 10.0 Å². The summed E-state index contributed by atoms with van der Waals surface area (Å²) < 4.78 is 33.5. The van der Waals surface area contributed by atoms with Crippen LogP contribution in [-0.4, -0.2) is 56.3 Å². The van der Waals surface area contributed by atoms with Gasteiger partial charge in [-0.1, -0.05) is 19.3 Å². The van der Waals surface area contributed by atoms with E-state index in [2.05, 4.69) is 0 Å². The van der Waals surface area contributed by atoms with Crippen LogP contribution >= 0.6 is 0 Å². The van der Waals surface area contributed by atoms with E-state index in [1.54, 1.807) is 16.4 Å². The van der Waals surface area contributed by atoms with E-state index >= 15 is 0 Å². The summed E-state index contributed by atoms with van der Waals surface area (Å²) in [4.78, 5) is 14.9. The lowest BCUT2D eigenvalue weighted by Gasteiger charge is -2.32. The molecule has 2 heterocycles. The quantitative estimate of drug-likeness (QED) is 0.786. The molecule has 0 bridgehead atoms. The van der Waals surface area contributed by atoms with E-state index in [-0.39, 0.29) is 16.8 Å². The molecule has 0 N–H and O–H groups in total. The molecule has 27 heavy (non-hydrogen) atoms.